The van der Waals surface area contributed by atoms with Gasteiger partial charge in [0.25, 0.3) is 0 Å². The summed E-state index contributed by atoms with van der Waals surface area (Å²) >= 11 is 0. The lowest BCUT2D eigenvalue weighted by atomic mass is 9.88. The summed E-state index contributed by atoms with van der Waals surface area (Å²) in [6, 6.07) is 12.3. The molecular formula is C26H31N3O3. The number of aryl methyl sites for hydroxylation is 2. The van der Waals surface area contributed by atoms with Gasteiger partial charge in [0, 0.05) is 37.8 Å². The molecule has 1 saturated heterocycles. The summed E-state index contributed by atoms with van der Waals surface area (Å²) in [6.07, 6.45) is 5.84. The van der Waals surface area contributed by atoms with Crippen molar-refractivity contribution in [3.05, 3.63) is 71.2 Å². The molecule has 4 rings (SSSR count). The van der Waals surface area contributed by atoms with Crippen LogP contribution in [0, 0.1) is 19.8 Å². The number of pyridine rings is 1. The number of amides is 1. The van der Waals surface area contributed by atoms with Crippen molar-refractivity contribution in [2.24, 2.45) is 5.92 Å². The van der Waals surface area contributed by atoms with Crippen LogP contribution in [0.2, 0.25) is 0 Å². The summed E-state index contributed by atoms with van der Waals surface area (Å²) < 4.78 is 7.28. The van der Waals surface area contributed by atoms with Gasteiger partial charge in [0.2, 0.25) is 5.91 Å². The maximum absolute atomic E-state index is 13.4. The van der Waals surface area contributed by atoms with E-state index in [2.05, 4.69) is 40.6 Å². The van der Waals surface area contributed by atoms with Crippen LogP contribution in [0.5, 0.6) is 0 Å². The minimum Gasteiger partial charge on any atom is -0.466 e. The number of benzene rings is 1. The Bertz CT molecular complexity index is 1120. The topological polar surface area (TPSA) is 63.9 Å². The lowest BCUT2D eigenvalue weighted by molar-refractivity contribution is -0.151. The van der Waals surface area contributed by atoms with Crippen LogP contribution in [0.3, 0.4) is 0 Å². The second-order valence-electron chi connectivity index (χ2n) is 8.66. The lowest BCUT2D eigenvalue weighted by Gasteiger charge is -2.32. The van der Waals surface area contributed by atoms with Gasteiger partial charge in [-0.1, -0.05) is 24.3 Å². The fourth-order valence-corrected chi connectivity index (χ4v) is 4.67. The van der Waals surface area contributed by atoms with E-state index in [0.717, 1.165) is 40.9 Å². The van der Waals surface area contributed by atoms with Gasteiger partial charge in [-0.2, -0.15) is 0 Å². The summed E-state index contributed by atoms with van der Waals surface area (Å²) in [5.41, 5.74) is 5.31. The highest BCUT2D eigenvalue weighted by molar-refractivity contribution is 5.80. The number of carbonyl (C=O) groups excluding carboxylic acids is 2. The van der Waals surface area contributed by atoms with Crippen LogP contribution in [-0.2, 0) is 14.3 Å². The largest absolute Gasteiger partial charge is 0.466 e. The monoisotopic (exact) mass is 433 g/mol. The molecule has 3 aromatic rings. The number of nitrogens with zero attached hydrogens (tertiary/aromatic N) is 3. The van der Waals surface area contributed by atoms with E-state index in [0.29, 0.717) is 26.1 Å². The van der Waals surface area contributed by atoms with Crippen LogP contribution in [0.25, 0.3) is 5.65 Å². The molecule has 168 valence electrons. The van der Waals surface area contributed by atoms with Gasteiger partial charge in [-0.3, -0.25) is 9.59 Å². The van der Waals surface area contributed by atoms with Gasteiger partial charge in [0.05, 0.1) is 18.2 Å². The number of imidazole rings is 1. The fourth-order valence-electron chi connectivity index (χ4n) is 4.67. The van der Waals surface area contributed by atoms with Gasteiger partial charge in [-0.15, -0.1) is 0 Å². The van der Waals surface area contributed by atoms with E-state index in [-0.39, 0.29) is 23.7 Å². The van der Waals surface area contributed by atoms with E-state index < -0.39 is 0 Å². The lowest BCUT2D eigenvalue weighted by Crippen LogP contribution is -2.43. The molecule has 6 heteroatoms. The normalized spacial score (nSPS) is 17.3. The minimum absolute atomic E-state index is 0.0642. The molecule has 1 aromatic carbocycles. The molecule has 32 heavy (non-hydrogen) atoms. The Balaban J connectivity index is 1.63. The van der Waals surface area contributed by atoms with Gasteiger partial charge in [0.15, 0.2) is 0 Å². The van der Waals surface area contributed by atoms with Crippen molar-refractivity contribution in [3.8, 4) is 0 Å². The van der Waals surface area contributed by atoms with Crippen LogP contribution in [0.15, 0.2) is 48.8 Å². The highest BCUT2D eigenvalue weighted by Gasteiger charge is 2.31. The number of likely N-dealkylation sites (tertiary alicyclic amines) is 1. The van der Waals surface area contributed by atoms with E-state index in [4.69, 9.17) is 4.74 Å². The first-order valence-corrected chi connectivity index (χ1v) is 11.4. The Morgan fingerprint density at radius 1 is 1.22 bits per heavy atom. The zero-order valence-corrected chi connectivity index (χ0v) is 19.1. The Morgan fingerprint density at radius 3 is 2.81 bits per heavy atom. The van der Waals surface area contributed by atoms with Crippen molar-refractivity contribution in [1.82, 2.24) is 14.3 Å². The molecule has 2 unspecified atom stereocenters. The van der Waals surface area contributed by atoms with E-state index in [1.54, 1.807) is 0 Å². The zero-order valence-electron chi connectivity index (χ0n) is 19.1. The smallest absolute Gasteiger partial charge is 0.310 e. The molecule has 1 aliphatic heterocycles. The maximum Gasteiger partial charge on any atom is 0.310 e. The third-order valence-electron chi connectivity index (χ3n) is 6.39. The van der Waals surface area contributed by atoms with E-state index in [1.165, 1.54) is 0 Å². The van der Waals surface area contributed by atoms with Crippen molar-refractivity contribution in [2.45, 2.75) is 46.0 Å². The Hall–Kier alpha value is -3.15. The predicted octanol–water partition coefficient (Wildman–Crippen LogP) is 4.27. The molecule has 0 aliphatic carbocycles. The van der Waals surface area contributed by atoms with Crippen LogP contribution >= 0.6 is 0 Å². The van der Waals surface area contributed by atoms with Crippen molar-refractivity contribution in [2.75, 3.05) is 19.7 Å². The molecule has 0 N–H and O–H groups in total. The van der Waals surface area contributed by atoms with Crippen LogP contribution < -0.4 is 0 Å². The van der Waals surface area contributed by atoms with Gasteiger partial charge < -0.3 is 14.0 Å². The minimum atomic E-state index is -0.233. The van der Waals surface area contributed by atoms with Crippen molar-refractivity contribution >= 4 is 17.5 Å². The third-order valence-corrected chi connectivity index (χ3v) is 6.39. The third kappa shape index (κ3) is 4.54. The van der Waals surface area contributed by atoms with Gasteiger partial charge in [0.1, 0.15) is 5.65 Å². The highest BCUT2D eigenvalue weighted by Crippen LogP contribution is 2.32. The molecule has 2 atom stereocenters. The molecule has 3 heterocycles. The number of hydrogen-bond acceptors (Lipinski definition) is 4. The Labute approximate surface area is 189 Å². The number of esters is 1. The molecule has 0 spiro atoms. The maximum atomic E-state index is 13.4. The quantitative estimate of drug-likeness (QED) is 0.545. The molecule has 1 aliphatic rings. The first kappa shape index (κ1) is 22.1. The first-order chi connectivity index (χ1) is 15.5. The summed E-state index contributed by atoms with van der Waals surface area (Å²) in [6.45, 7) is 7.43. The zero-order chi connectivity index (χ0) is 22.7. The van der Waals surface area contributed by atoms with Crippen LogP contribution in [0.1, 0.15) is 54.5 Å². The SMILES string of the molecule is CCOC(=O)C1CCCN(C(=O)CC(c2ccccc2C)c2cnc3cc(C)ccn23)C1. The average Bonchev–Trinajstić information content (AvgIpc) is 3.21. The van der Waals surface area contributed by atoms with Gasteiger partial charge >= 0.3 is 5.97 Å². The number of carbonyl (C=O) groups is 2. The first-order valence-electron chi connectivity index (χ1n) is 11.4. The Kier molecular flexibility index (Phi) is 6.58. The molecule has 6 nitrogen and oxygen atoms in total. The van der Waals surface area contributed by atoms with Crippen LogP contribution in [-0.4, -0.2) is 45.9 Å². The number of aromatic nitrogens is 2. The highest BCUT2D eigenvalue weighted by atomic mass is 16.5. The molecule has 1 amide bonds. The molecule has 0 saturated carbocycles. The predicted molar refractivity (Wildman–Crippen MR) is 124 cm³/mol. The standard InChI is InChI=1S/C26H31N3O3/c1-4-32-26(31)20-9-7-12-28(17-20)25(30)15-22(21-10-6-5-8-19(21)3)23-16-27-24-14-18(2)11-13-29(23)24/h5-6,8,10-11,13-14,16,20,22H,4,7,9,12,15,17H2,1-3H3. The number of hydrogen-bond donors (Lipinski definition) is 0. The van der Waals surface area contributed by atoms with E-state index in [1.807, 2.05) is 43.3 Å². The number of ether oxygens (including phenoxy) is 1. The molecule has 0 bridgehead atoms. The summed E-state index contributed by atoms with van der Waals surface area (Å²) in [4.78, 5) is 32.1. The summed E-state index contributed by atoms with van der Waals surface area (Å²) in [5, 5.41) is 0. The van der Waals surface area contributed by atoms with Gasteiger partial charge in [-0.05, 0) is 62.4 Å². The van der Waals surface area contributed by atoms with E-state index in [9.17, 15) is 9.59 Å². The molecular weight excluding hydrogens is 402 g/mol. The van der Waals surface area contributed by atoms with Crippen LogP contribution in [0.4, 0.5) is 0 Å². The average molecular weight is 434 g/mol. The van der Waals surface area contributed by atoms with Crippen molar-refractivity contribution in [3.63, 3.8) is 0 Å². The second-order valence-corrected chi connectivity index (χ2v) is 8.66. The molecule has 2 aromatic heterocycles. The second kappa shape index (κ2) is 9.55. The van der Waals surface area contributed by atoms with E-state index >= 15 is 0 Å². The molecule has 1 fully saturated rings. The summed E-state index contributed by atoms with van der Waals surface area (Å²) in [7, 11) is 0. The number of rotatable bonds is 6. The Morgan fingerprint density at radius 2 is 2.03 bits per heavy atom. The fraction of sp³-hybridized carbons (Fsp3) is 0.423. The number of fused-ring (bicyclic) bond motifs is 1. The molecule has 0 radical (unpaired) electrons. The van der Waals surface area contributed by atoms with Crippen molar-refractivity contribution < 1.29 is 14.3 Å². The summed E-state index contributed by atoms with van der Waals surface area (Å²) in [5.74, 6) is -0.486. The van der Waals surface area contributed by atoms with Crippen molar-refractivity contribution in [1.29, 1.82) is 0 Å². The number of piperidine rings is 1. The van der Waals surface area contributed by atoms with Gasteiger partial charge in [-0.25, -0.2) is 4.98 Å².